The number of benzene rings is 3. The van der Waals surface area contributed by atoms with E-state index in [9.17, 15) is 39.3 Å². The van der Waals surface area contributed by atoms with Gasteiger partial charge in [0.2, 0.25) is 0 Å². The molecule has 0 saturated carbocycles. The van der Waals surface area contributed by atoms with Crippen LogP contribution in [0.5, 0.6) is 0 Å². The van der Waals surface area contributed by atoms with Gasteiger partial charge in [-0.2, -0.15) is 0 Å². The molecule has 0 fully saturated rings. The monoisotopic (exact) mass is 518 g/mol. The molecule has 0 aliphatic heterocycles. The predicted octanol–water partition coefficient (Wildman–Crippen LogP) is -4.58. The first kappa shape index (κ1) is 29.6. The average molecular weight is 518 g/mol. The minimum Gasteiger partial charge on any atom is -0.744 e. The van der Waals surface area contributed by atoms with E-state index in [1.54, 1.807) is 0 Å². The summed E-state index contributed by atoms with van der Waals surface area (Å²) in [6.45, 7) is 0. The van der Waals surface area contributed by atoms with Crippen LogP contribution in [-0.4, -0.2) is 25.9 Å². The summed E-state index contributed by atoms with van der Waals surface area (Å²) in [5, 5.41) is -0.609. The van der Waals surface area contributed by atoms with Crippen molar-refractivity contribution in [2.24, 2.45) is 0 Å². The molecule has 14 heteroatoms. The number of halogens is 2. The van der Waals surface area contributed by atoms with E-state index in [0.29, 0.717) is 12.1 Å². The molecule has 32 heavy (non-hydrogen) atoms. The second-order valence-electron chi connectivity index (χ2n) is 6.11. The van der Waals surface area contributed by atoms with E-state index in [4.69, 9.17) is 0 Å². The molecule has 0 aromatic heterocycles. The van der Waals surface area contributed by atoms with Gasteiger partial charge in [0, 0.05) is 15.9 Å². The van der Waals surface area contributed by atoms with Crippen molar-refractivity contribution in [1.29, 1.82) is 0 Å². The fraction of sp³-hybridized carbons (Fsp3) is 0. The van der Waals surface area contributed by atoms with Gasteiger partial charge in [-0.3, -0.25) is 0 Å². The average Bonchev–Trinajstić information content (AvgIpc) is 2.67. The normalized spacial score (nSPS) is 13.4. The van der Waals surface area contributed by atoms with Gasteiger partial charge in [-0.1, -0.05) is 12.1 Å². The van der Waals surface area contributed by atoms with Crippen molar-refractivity contribution in [2.75, 3.05) is 0 Å². The molecule has 0 spiro atoms. The Bertz CT molecular complexity index is 1400. The first-order valence-corrected chi connectivity index (χ1v) is 12.5. The second kappa shape index (κ2) is 10.9. The first-order valence-electron chi connectivity index (χ1n) is 8.02. The van der Waals surface area contributed by atoms with Crippen molar-refractivity contribution < 1.29 is 98.4 Å². The molecule has 0 amide bonds. The largest absolute Gasteiger partial charge is 1.00 e. The van der Waals surface area contributed by atoms with Crippen molar-refractivity contribution in [2.45, 2.75) is 9.79 Å². The van der Waals surface area contributed by atoms with Crippen molar-refractivity contribution >= 4 is 43.3 Å². The van der Waals surface area contributed by atoms with Gasteiger partial charge in [-0.05, 0) is 54.6 Å². The molecule has 0 N–H and O–H groups in total. The summed E-state index contributed by atoms with van der Waals surface area (Å²) in [7, 11) is -14.4. The van der Waals surface area contributed by atoms with Crippen LogP contribution in [0.15, 0.2) is 76.5 Å². The maximum atomic E-state index is 14.2. The minimum atomic E-state index is -5.27. The molecule has 3 rings (SSSR count). The Balaban J connectivity index is 0.00000256. The van der Waals surface area contributed by atoms with Crippen molar-refractivity contribution in [1.82, 2.24) is 0 Å². The smallest absolute Gasteiger partial charge is 0.744 e. The van der Waals surface area contributed by atoms with Gasteiger partial charge in [0.15, 0.2) is 7.14 Å². The van der Waals surface area contributed by atoms with Gasteiger partial charge >= 0.3 is 59.1 Å². The molecular weight excluding hydrogens is 507 g/mol. The third-order valence-electron chi connectivity index (χ3n) is 4.21. The summed E-state index contributed by atoms with van der Waals surface area (Å²) in [6, 6.07) is 10.5. The molecular formula is C18H11F2Na2O7PS2. The van der Waals surface area contributed by atoms with Crippen LogP contribution < -0.4 is 75.0 Å². The molecule has 7 nitrogen and oxygen atoms in total. The topological polar surface area (TPSA) is 131 Å². The van der Waals surface area contributed by atoms with Gasteiger partial charge in [0.25, 0.3) is 0 Å². The molecule has 1 atom stereocenters. The van der Waals surface area contributed by atoms with Crippen LogP contribution in [0.25, 0.3) is 0 Å². The Morgan fingerprint density at radius 2 is 1.22 bits per heavy atom. The predicted molar refractivity (Wildman–Crippen MR) is 102 cm³/mol. The van der Waals surface area contributed by atoms with Crippen LogP contribution in [0.1, 0.15) is 0 Å². The molecule has 0 bridgehead atoms. The molecule has 158 valence electrons. The van der Waals surface area contributed by atoms with Gasteiger partial charge in [0.05, 0.1) is 9.79 Å². The first-order chi connectivity index (χ1) is 13.8. The van der Waals surface area contributed by atoms with Gasteiger partial charge in [0.1, 0.15) is 31.9 Å². The minimum absolute atomic E-state index is 0. The summed E-state index contributed by atoms with van der Waals surface area (Å²) in [6.07, 6.45) is 0. The van der Waals surface area contributed by atoms with E-state index < -0.39 is 48.8 Å². The van der Waals surface area contributed by atoms with Crippen molar-refractivity contribution in [3.8, 4) is 0 Å². The number of rotatable bonds is 5. The molecule has 0 radical (unpaired) electrons. The Morgan fingerprint density at radius 3 is 1.75 bits per heavy atom. The fourth-order valence-electron chi connectivity index (χ4n) is 2.81. The zero-order chi connectivity index (χ0) is 22.3. The molecule has 0 aliphatic carbocycles. The van der Waals surface area contributed by atoms with Crippen molar-refractivity contribution in [3.63, 3.8) is 0 Å². The Hall–Kier alpha value is -0.430. The molecule has 1 unspecified atom stereocenters. The summed E-state index contributed by atoms with van der Waals surface area (Å²) in [4.78, 5) is -1.96. The maximum Gasteiger partial charge on any atom is 1.00 e. The van der Waals surface area contributed by atoms with E-state index >= 15 is 0 Å². The van der Waals surface area contributed by atoms with Crippen LogP contribution in [0.3, 0.4) is 0 Å². The third kappa shape index (κ3) is 6.17. The van der Waals surface area contributed by atoms with E-state index in [2.05, 4.69) is 0 Å². The SMILES string of the molecule is O=P(c1ccc(F)cc1)(c1cccc(S(=O)(=O)[O-])c1)c1ccc(F)c(S(=O)(=O)[O-])c1.[Na+].[Na+]. The number of hydrogen-bond donors (Lipinski definition) is 0. The van der Waals surface area contributed by atoms with Crippen LogP contribution in [0.4, 0.5) is 8.78 Å². The van der Waals surface area contributed by atoms with E-state index in [-0.39, 0.29) is 75.0 Å². The van der Waals surface area contributed by atoms with Gasteiger partial charge in [-0.25, -0.2) is 25.6 Å². The van der Waals surface area contributed by atoms with Crippen LogP contribution in [0.2, 0.25) is 0 Å². The molecule has 3 aromatic carbocycles. The molecule has 0 aliphatic rings. The van der Waals surface area contributed by atoms with Crippen LogP contribution >= 0.6 is 7.14 Å². The maximum absolute atomic E-state index is 14.2. The van der Waals surface area contributed by atoms with E-state index in [1.165, 1.54) is 6.07 Å². The van der Waals surface area contributed by atoms with Gasteiger partial charge < -0.3 is 13.7 Å². The van der Waals surface area contributed by atoms with Gasteiger partial charge in [-0.15, -0.1) is 0 Å². The van der Waals surface area contributed by atoms with Crippen LogP contribution in [0, 0.1) is 11.6 Å². The summed E-state index contributed by atoms with van der Waals surface area (Å²) >= 11 is 0. The van der Waals surface area contributed by atoms with Crippen molar-refractivity contribution in [3.05, 3.63) is 78.4 Å². The van der Waals surface area contributed by atoms with E-state index in [0.717, 1.165) is 48.5 Å². The van der Waals surface area contributed by atoms with Crippen LogP contribution in [-0.2, 0) is 24.8 Å². The Labute approximate surface area is 227 Å². The zero-order valence-electron chi connectivity index (χ0n) is 16.7. The zero-order valence-corrected chi connectivity index (χ0v) is 23.3. The molecule has 0 saturated heterocycles. The molecule has 3 aromatic rings. The Morgan fingerprint density at radius 1 is 0.688 bits per heavy atom. The standard InChI is InChI=1S/C18H13F2O7PS2.2Na/c19-12-4-6-13(7-5-12)28(21,14-2-1-3-16(10-14)29(22,23)24)15-8-9-17(20)18(11-15)30(25,26)27;;/h1-11H,(H,22,23,24)(H,25,26,27);;/q;2*+1/p-2. The quantitative estimate of drug-likeness (QED) is 0.189. The third-order valence-corrected chi connectivity index (χ3v) is 8.93. The Kier molecular flexibility index (Phi) is 10.1. The summed E-state index contributed by atoms with van der Waals surface area (Å²) in [5.41, 5.74) is 0. The second-order valence-corrected chi connectivity index (χ2v) is 11.6. The fourth-order valence-corrected chi connectivity index (χ4v) is 6.76. The molecule has 0 heterocycles. The summed E-state index contributed by atoms with van der Waals surface area (Å²) < 4.78 is 110. The summed E-state index contributed by atoms with van der Waals surface area (Å²) in [5.74, 6) is -2.04. The van der Waals surface area contributed by atoms with E-state index in [1.807, 2.05) is 0 Å². The number of hydrogen-bond acceptors (Lipinski definition) is 7.